The van der Waals surface area contributed by atoms with Crippen molar-refractivity contribution in [1.82, 2.24) is 24.8 Å². The summed E-state index contributed by atoms with van der Waals surface area (Å²) in [6.07, 6.45) is 1.78. The average Bonchev–Trinajstić information content (AvgIpc) is 3.31. The molecule has 1 aliphatic rings. The molecule has 1 aliphatic heterocycles. The Balaban J connectivity index is 1.36. The second-order valence-corrected chi connectivity index (χ2v) is 7.28. The molecule has 0 saturated carbocycles. The van der Waals surface area contributed by atoms with Crippen LogP contribution in [0.25, 0.3) is 16.7 Å². The summed E-state index contributed by atoms with van der Waals surface area (Å²) in [4.78, 5) is 8.54. The highest BCUT2D eigenvalue weighted by Crippen LogP contribution is 2.31. The molecule has 0 spiro atoms. The SMILES string of the molecule is CN(C)c1ccc2nnc(C3CCN(c4nc5ccc(F)cc5o4)CC3)n2n1. The summed E-state index contributed by atoms with van der Waals surface area (Å²) < 4.78 is 21.0. The molecule has 0 unspecified atom stereocenters. The largest absolute Gasteiger partial charge is 0.423 e. The van der Waals surface area contributed by atoms with E-state index in [-0.39, 0.29) is 11.7 Å². The second kappa shape index (κ2) is 6.43. The summed E-state index contributed by atoms with van der Waals surface area (Å²) in [6, 6.07) is 8.82. The van der Waals surface area contributed by atoms with Gasteiger partial charge in [0.15, 0.2) is 17.1 Å². The third kappa shape index (κ3) is 2.83. The van der Waals surface area contributed by atoms with E-state index in [0.717, 1.165) is 43.2 Å². The van der Waals surface area contributed by atoms with Gasteiger partial charge in [0.05, 0.1) is 0 Å². The van der Waals surface area contributed by atoms with Crippen LogP contribution in [0.4, 0.5) is 16.2 Å². The lowest BCUT2D eigenvalue weighted by molar-refractivity contribution is 0.449. The van der Waals surface area contributed by atoms with Crippen LogP contribution in [0.15, 0.2) is 34.7 Å². The highest BCUT2D eigenvalue weighted by atomic mass is 19.1. The lowest BCUT2D eigenvalue weighted by atomic mass is 9.96. The van der Waals surface area contributed by atoms with Crippen molar-refractivity contribution >= 4 is 28.6 Å². The minimum absolute atomic E-state index is 0.262. The molecule has 0 amide bonds. The Morgan fingerprint density at radius 1 is 1.11 bits per heavy atom. The molecule has 0 radical (unpaired) electrons. The number of aromatic nitrogens is 5. The molecule has 0 atom stereocenters. The van der Waals surface area contributed by atoms with E-state index >= 15 is 0 Å². The molecule has 5 rings (SSSR count). The van der Waals surface area contributed by atoms with E-state index in [2.05, 4.69) is 25.2 Å². The maximum Gasteiger partial charge on any atom is 0.298 e. The number of fused-ring (bicyclic) bond motifs is 2. The van der Waals surface area contributed by atoms with Crippen LogP contribution in [-0.4, -0.2) is 52.0 Å². The zero-order valence-electron chi connectivity index (χ0n) is 15.7. The van der Waals surface area contributed by atoms with Crippen LogP contribution in [0.5, 0.6) is 0 Å². The second-order valence-electron chi connectivity index (χ2n) is 7.28. The Labute approximate surface area is 160 Å². The summed E-state index contributed by atoms with van der Waals surface area (Å²) in [7, 11) is 3.92. The normalized spacial score (nSPS) is 15.6. The van der Waals surface area contributed by atoms with Crippen molar-refractivity contribution < 1.29 is 8.81 Å². The van der Waals surface area contributed by atoms with Crippen molar-refractivity contribution in [1.29, 1.82) is 0 Å². The summed E-state index contributed by atoms with van der Waals surface area (Å²) in [5.41, 5.74) is 1.90. The van der Waals surface area contributed by atoms with Crippen LogP contribution in [0.2, 0.25) is 0 Å². The van der Waals surface area contributed by atoms with Crippen molar-refractivity contribution in [2.24, 2.45) is 0 Å². The Hall–Kier alpha value is -3.23. The molecule has 9 heteroatoms. The predicted octanol–water partition coefficient (Wildman–Crippen LogP) is 2.85. The third-order valence-corrected chi connectivity index (χ3v) is 5.20. The highest BCUT2D eigenvalue weighted by Gasteiger charge is 2.27. The summed E-state index contributed by atoms with van der Waals surface area (Å²) in [5.74, 6) is 1.69. The minimum atomic E-state index is -0.322. The van der Waals surface area contributed by atoms with Crippen molar-refractivity contribution in [2.75, 3.05) is 37.0 Å². The topological polar surface area (TPSA) is 75.6 Å². The zero-order valence-corrected chi connectivity index (χ0v) is 15.7. The molecule has 1 fully saturated rings. The fourth-order valence-corrected chi connectivity index (χ4v) is 3.64. The van der Waals surface area contributed by atoms with Gasteiger partial charge in [0.2, 0.25) is 0 Å². The van der Waals surface area contributed by atoms with Crippen molar-refractivity contribution in [3.8, 4) is 0 Å². The van der Waals surface area contributed by atoms with Crippen LogP contribution < -0.4 is 9.80 Å². The van der Waals surface area contributed by atoms with Crippen LogP contribution in [0.3, 0.4) is 0 Å². The van der Waals surface area contributed by atoms with E-state index in [0.29, 0.717) is 17.1 Å². The number of anilines is 2. The molecule has 144 valence electrons. The van der Waals surface area contributed by atoms with Gasteiger partial charge < -0.3 is 14.2 Å². The lowest BCUT2D eigenvalue weighted by Crippen LogP contribution is -2.33. The van der Waals surface area contributed by atoms with E-state index in [1.54, 1.807) is 6.07 Å². The van der Waals surface area contributed by atoms with Gasteiger partial charge in [0, 0.05) is 39.2 Å². The highest BCUT2D eigenvalue weighted by molar-refractivity contribution is 5.74. The third-order valence-electron chi connectivity index (χ3n) is 5.20. The summed E-state index contributed by atoms with van der Waals surface area (Å²) in [6.45, 7) is 1.56. The Kier molecular flexibility index (Phi) is 3.88. The van der Waals surface area contributed by atoms with Crippen LogP contribution >= 0.6 is 0 Å². The van der Waals surface area contributed by atoms with E-state index in [1.165, 1.54) is 12.1 Å². The number of benzene rings is 1. The summed E-state index contributed by atoms with van der Waals surface area (Å²) in [5, 5.41) is 13.3. The molecule has 4 aromatic rings. The van der Waals surface area contributed by atoms with Crippen molar-refractivity contribution in [2.45, 2.75) is 18.8 Å². The molecule has 1 aromatic carbocycles. The van der Waals surface area contributed by atoms with Crippen molar-refractivity contribution in [3.05, 3.63) is 42.0 Å². The first-order valence-electron chi connectivity index (χ1n) is 9.29. The predicted molar refractivity (Wildman–Crippen MR) is 103 cm³/mol. The fraction of sp³-hybridized carbons (Fsp3) is 0.368. The maximum atomic E-state index is 13.4. The van der Waals surface area contributed by atoms with E-state index in [1.807, 2.05) is 35.6 Å². The van der Waals surface area contributed by atoms with Gasteiger partial charge in [-0.3, -0.25) is 0 Å². The number of oxazole rings is 1. The van der Waals surface area contributed by atoms with Crippen LogP contribution in [-0.2, 0) is 0 Å². The number of piperidine rings is 1. The molecule has 0 aliphatic carbocycles. The van der Waals surface area contributed by atoms with Gasteiger partial charge in [-0.2, -0.15) is 9.50 Å². The number of nitrogens with zero attached hydrogens (tertiary/aromatic N) is 7. The first-order valence-corrected chi connectivity index (χ1v) is 9.29. The fourth-order valence-electron chi connectivity index (χ4n) is 3.64. The van der Waals surface area contributed by atoms with Crippen molar-refractivity contribution in [3.63, 3.8) is 0 Å². The molecule has 3 aromatic heterocycles. The average molecular weight is 381 g/mol. The number of hydrogen-bond donors (Lipinski definition) is 0. The van der Waals surface area contributed by atoms with Gasteiger partial charge in [-0.25, -0.2) is 4.39 Å². The van der Waals surface area contributed by atoms with Gasteiger partial charge in [0.25, 0.3) is 6.01 Å². The molecule has 0 N–H and O–H groups in total. The van der Waals surface area contributed by atoms with E-state index in [9.17, 15) is 4.39 Å². The molecule has 4 heterocycles. The molecule has 0 bridgehead atoms. The molecular weight excluding hydrogens is 361 g/mol. The van der Waals surface area contributed by atoms with Gasteiger partial charge in [-0.15, -0.1) is 15.3 Å². The quantitative estimate of drug-likeness (QED) is 0.540. The van der Waals surface area contributed by atoms with Crippen LogP contribution in [0.1, 0.15) is 24.6 Å². The number of hydrogen-bond acceptors (Lipinski definition) is 7. The number of halogens is 1. The minimum Gasteiger partial charge on any atom is -0.423 e. The monoisotopic (exact) mass is 381 g/mol. The Morgan fingerprint density at radius 2 is 1.93 bits per heavy atom. The zero-order chi connectivity index (χ0) is 19.3. The number of rotatable bonds is 3. The van der Waals surface area contributed by atoms with Gasteiger partial charge in [-0.05, 0) is 37.1 Å². The molecular formula is C19H20FN7O. The summed E-state index contributed by atoms with van der Waals surface area (Å²) >= 11 is 0. The molecule has 8 nitrogen and oxygen atoms in total. The molecule has 1 saturated heterocycles. The van der Waals surface area contributed by atoms with Gasteiger partial charge in [-0.1, -0.05) is 0 Å². The smallest absolute Gasteiger partial charge is 0.298 e. The lowest BCUT2D eigenvalue weighted by Gasteiger charge is -2.29. The molecule has 28 heavy (non-hydrogen) atoms. The first-order chi connectivity index (χ1) is 13.6. The standard InChI is InChI=1S/C19H20FN7O/c1-25(2)17-6-5-16-22-23-18(27(16)24-17)12-7-9-26(10-8-12)19-21-14-4-3-13(20)11-15(14)28-19/h3-6,11-12H,7-10H2,1-2H3. The Morgan fingerprint density at radius 3 is 2.71 bits per heavy atom. The van der Waals surface area contributed by atoms with E-state index in [4.69, 9.17) is 4.42 Å². The van der Waals surface area contributed by atoms with E-state index < -0.39 is 0 Å². The van der Waals surface area contributed by atoms with Gasteiger partial charge >= 0.3 is 0 Å². The maximum absolute atomic E-state index is 13.4. The first kappa shape index (κ1) is 16.9. The van der Waals surface area contributed by atoms with Crippen LogP contribution in [0, 0.1) is 5.82 Å². The van der Waals surface area contributed by atoms with Gasteiger partial charge in [0.1, 0.15) is 17.2 Å². The Bertz CT molecular complexity index is 1140.